The molecule has 3 heterocycles. The Balaban J connectivity index is 1.58. The number of hydrogen-bond donors (Lipinski definition) is 1. The minimum Gasteiger partial charge on any atom is -0.342 e. The molecule has 1 N–H and O–H groups in total. The predicted molar refractivity (Wildman–Crippen MR) is 96.2 cm³/mol. The van der Waals surface area contributed by atoms with Crippen molar-refractivity contribution in [2.45, 2.75) is 32.4 Å². The summed E-state index contributed by atoms with van der Waals surface area (Å²) in [4.78, 5) is 18.5. The van der Waals surface area contributed by atoms with Crippen LogP contribution in [0.1, 0.15) is 30.6 Å². The van der Waals surface area contributed by atoms with Crippen LogP contribution >= 0.6 is 11.3 Å². The third kappa shape index (κ3) is 3.05. The third-order valence-electron chi connectivity index (χ3n) is 4.67. The van der Waals surface area contributed by atoms with Crippen molar-refractivity contribution < 1.29 is 9.32 Å². The van der Waals surface area contributed by atoms with E-state index in [-0.39, 0.29) is 5.91 Å². The molecule has 0 saturated carbocycles. The van der Waals surface area contributed by atoms with E-state index in [1.165, 1.54) is 22.6 Å². The molecule has 1 saturated heterocycles. The average Bonchev–Trinajstić information content (AvgIpc) is 3.28. The van der Waals surface area contributed by atoms with Gasteiger partial charge in [-0.15, -0.1) is 11.3 Å². The number of thiophene rings is 1. The second-order valence-electron chi connectivity index (χ2n) is 6.62. The van der Waals surface area contributed by atoms with E-state index in [0.29, 0.717) is 18.3 Å². The first-order chi connectivity index (χ1) is 12.1. The maximum Gasteiger partial charge on any atom is 0.223 e. The highest BCUT2D eigenvalue weighted by molar-refractivity contribution is 7.17. The number of benzene rings is 1. The van der Waals surface area contributed by atoms with Crippen LogP contribution in [0.3, 0.4) is 0 Å². The number of carbonyl (C=O) groups excluding carboxylic acids is 1. The molecule has 0 bridgehead atoms. The fourth-order valence-electron chi connectivity index (χ4n) is 3.59. The van der Waals surface area contributed by atoms with Gasteiger partial charge >= 0.3 is 0 Å². The van der Waals surface area contributed by atoms with Gasteiger partial charge in [-0.3, -0.25) is 9.69 Å². The van der Waals surface area contributed by atoms with E-state index in [1.54, 1.807) is 18.3 Å². The van der Waals surface area contributed by atoms with Crippen LogP contribution < -0.4 is 5.32 Å². The number of aromatic nitrogens is 2. The molecule has 3 aromatic rings. The molecule has 7 heteroatoms. The fourth-order valence-corrected chi connectivity index (χ4v) is 4.54. The van der Waals surface area contributed by atoms with Crippen LogP contribution in [0, 0.1) is 6.92 Å². The van der Waals surface area contributed by atoms with Crippen molar-refractivity contribution in [2.75, 3.05) is 13.1 Å². The van der Waals surface area contributed by atoms with E-state index < -0.39 is 5.54 Å². The monoisotopic (exact) mass is 356 g/mol. The zero-order chi connectivity index (χ0) is 17.4. The lowest BCUT2D eigenvalue weighted by molar-refractivity contribution is -0.121. The predicted octanol–water partition coefficient (Wildman–Crippen LogP) is 2.83. The molecule has 2 aromatic heterocycles. The number of nitrogens with one attached hydrogen (secondary N) is 1. The summed E-state index contributed by atoms with van der Waals surface area (Å²) in [5.41, 5.74) is 0.749. The summed E-state index contributed by atoms with van der Waals surface area (Å²) in [5, 5.41) is 10.7. The lowest BCUT2D eigenvalue weighted by Crippen LogP contribution is -2.47. The number of hydrogen-bond acceptors (Lipinski definition) is 6. The molecule has 4 rings (SSSR count). The van der Waals surface area contributed by atoms with Crippen molar-refractivity contribution in [3.63, 3.8) is 0 Å². The van der Waals surface area contributed by atoms with E-state index in [4.69, 9.17) is 4.52 Å². The summed E-state index contributed by atoms with van der Waals surface area (Å²) in [6.07, 6.45) is 0.771. The first-order valence-electron chi connectivity index (χ1n) is 8.33. The maximum absolute atomic E-state index is 11.8. The SMILES string of the molecule is CC(=O)NC1(c2noc(C)n2)CCN(Cc2csc3ccccc23)C1. The van der Waals surface area contributed by atoms with Gasteiger partial charge in [-0.05, 0) is 28.8 Å². The molecule has 0 spiro atoms. The van der Waals surface area contributed by atoms with Gasteiger partial charge < -0.3 is 9.84 Å². The van der Waals surface area contributed by atoms with Gasteiger partial charge in [-0.2, -0.15) is 4.98 Å². The minimum atomic E-state index is -0.574. The normalized spacial score (nSPS) is 21.0. The molecule has 130 valence electrons. The largest absolute Gasteiger partial charge is 0.342 e. The smallest absolute Gasteiger partial charge is 0.223 e. The highest BCUT2D eigenvalue weighted by atomic mass is 32.1. The molecule has 1 aromatic carbocycles. The van der Waals surface area contributed by atoms with E-state index in [0.717, 1.165) is 19.5 Å². The van der Waals surface area contributed by atoms with Gasteiger partial charge in [0.2, 0.25) is 11.8 Å². The molecule has 6 nitrogen and oxygen atoms in total. The number of carbonyl (C=O) groups is 1. The number of rotatable bonds is 4. The van der Waals surface area contributed by atoms with Crippen LogP contribution in [-0.4, -0.2) is 34.0 Å². The first kappa shape index (κ1) is 16.2. The molecular formula is C18H20N4O2S. The number of aryl methyl sites for hydroxylation is 1. The van der Waals surface area contributed by atoms with E-state index in [2.05, 4.69) is 50.0 Å². The van der Waals surface area contributed by atoms with Gasteiger partial charge in [0.05, 0.1) is 0 Å². The lowest BCUT2D eigenvalue weighted by Gasteiger charge is -2.27. The number of fused-ring (bicyclic) bond motifs is 1. The molecule has 1 fully saturated rings. The van der Waals surface area contributed by atoms with Gasteiger partial charge in [-0.25, -0.2) is 0 Å². The molecule has 0 aliphatic carbocycles. The molecule has 1 aliphatic rings. The quantitative estimate of drug-likeness (QED) is 0.778. The lowest BCUT2D eigenvalue weighted by atomic mass is 9.97. The molecule has 1 amide bonds. The molecule has 25 heavy (non-hydrogen) atoms. The van der Waals surface area contributed by atoms with Gasteiger partial charge in [0.1, 0.15) is 5.54 Å². The summed E-state index contributed by atoms with van der Waals surface area (Å²) >= 11 is 1.77. The van der Waals surface area contributed by atoms with E-state index in [9.17, 15) is 4.79 Å². The van der Waals surface area contributed by atoms with Crippen molar-refractivity contribution in [1.82, 2.24) is 20.4 Å². The average molecular weight is 356 g/mol. The van der Waals surface area contributed by atoms with Gasteiger partial charge in [-0.1, -0.05) is 23.4 Å². The highest BCUT2D eigenvalue weighted by Gasteiger charge is 2.44. The van der Waals surface area contributed by atoms with Gasteiger partial charge in [0.25, 0.3) is 0 Å². The van der Waals surface area contributed by atoms with Gasteiger partial charge in [0, 0.05) is 38.2 Å². The topological polar surface area (TPSA) is 71.3 Å². The first-order valence-corrected chi connectivity index (χ1v) is 9.21. The Hall–Kier alpha value is -2.25. The fraction of sp³-hybridized carbons (Fsp3) is 0.389. The van der Waals surface area contributed by atoms with E-state index in [1.807, 2.05) is 0 Å². The zero-order valence-corrected chi connectivity index (χ0v) is 15.1. The molecule has 1 unspecified atom stereocenters. The summed E-state index contributed by atoms with van der Waals surface area (Å²) in [6.45, 7) is 5.70. The second kappa shape index (κ2) is 6.24. The summed E-state index contributed by atoms with van der Waals surface area (Å²) < 4.78 is 6.46. The minimum absolute atomic E-state index is 0.0784. The Bertz CT molecular complexity index is 919. The van der Waals surface area contributed by atoms with Crippen molar-refractivity contribution >= 4 is 27.3 Å². The Kier molecular flexibility index (Phi) is 4.05. The van der Waals surface area contributed by atoms with Crippen LogP contribution in [0.15, 0.2) is 34.2 Å². The Morgan fingerprint density at radius 2 is 2.28 bits per heavy atom. The highest BCUT2D eigenvalue weighted by Crippen LogP contribution is 2.33. The zero-order valence-electron chi connectivity index (χ0n) is 14.3. The Morgan fingerprint density at radius 1 is 1.44 bits per heavy atom. The second-order valence-corrected chi connectivity index (χ2v) is 7.53. The molecule has 1 aliphatic heterocycles. The van der Waals surface area contributed by atoms with Crippen molar-refractivity contribution in [3.8, 4) is 0 Å². The Labute approximate surface area is 149 Å². The molecule has 1 atom stereocenters. The standard InChI is InChI=1S/C18H20N4O2S/c1-12(23)20-18(17-19-13(2)24-21-17)7-8-22(11-18)9-14-10-25-16-6-4-3-5-15(14)16/h3-6,10H,7-9,11H2,1-2H3,(H,20,23). The number of nitrogens with zero attached hydrogens (tertiary/aromatic N) is 3. The van der Waals surface area contributed by atoms with Crippen LogP contribution in [0.4, 0.5) is 0 Å². The van der Waals surface area contributed by atoms with Crippen molar-refractivity contribution in [3.05, 3.63) is 46.9 Å². The third-order valence-corrected chi connectivity index (χ3v) is 5.69. The van der Waals surface area contributed by atoms with Crippen molar-refractivity contribution in [2.24, 2.45) is 0 Å². The van der Waals surface area contributed by atoms with Crippen LogP contribution in [0.25, 0.3) is 10.1 Å². The van der Waals surface area contributed by atoms with Crippen LogP contribution in [0.5, 0.6) is 0 Å². The molecular weight excluding hydrogens is 336 g/mol. The summed E-state index contributed by atoms with van der Waals surface area (Å²) in [5.74, 6) is 1.00. The maximum atomic E-state index is 11.8. The number of amides is 1. The van der Waals surface area contributed by atoms with Crippen LogP contribution in [-0.2, 0) is 16.9 Å². The van der Waals surface area contributed by atoms with Gasteiger partial charge in [0.15, 0.2) is 5.82 Å². The summed E-state index contributed by atoms with van der Waals surface area (Å²) in [7, 11) is 0. The number of likely N-dealkylation sites (tertiary alicyclic amines) is 1. The van der Waals surface area contributed by atoms with Crippen molar-refractivity contribution in [1.29, 1.82) is 0 Å². The molecule has 0 radical (unpaired) electrons. The Morgan fingerprint density at radius 3 is 3.04 bits per heavy atom. The van der Waals surface area contributed by atoms with E-state index >= 15 is 0 Å². The van der Waals surface area contributed by atoms with Crippen LogP contribution in [0.2, 0.25) is 0 Å². The summed E-state index contributed by atoms with van der Waals surface area (Å²) in [6, 6.07) is 8.46.